The van der Waals surface area contributed by atoms with Gasteiger partial charge in [-0.05, 0) is 55.7 Å². The molecular weight excluding hydrogens is 340 g/mol. The van der Waals surface area contributed by atoms with Crippen LogP contribution in [-0.4, -0.2) is 28.0 Å². The Balaban J connectivity index is 1.60. The first-order chi connectivity index (χ1) is 13.3. The zero-order chi connectivity index (χ0) is 18.6. The van der Waals surface area contributed by atoms with Crippen LogP contribution in [0.25, 0.3) is 0 Å². The Labute approximate surface area is 159 Å². The summed E-state index contributed by atoms with van der Waals surface area (Å²) in [6, 6.07) is 16.8. The molecule has 0 spiro atoms. The SMILES string of the molecule is CCOc1ccc([C@H]2C[C@H](c3ccc(OCC)cc3)Nc3ncnn32)cc1. The van der Waals surface area contributed by atoms with Crippen molar-refractivity contribution in [2.24, 2.45) is 0 Å². The van der Waals surface area contributed by atoms with Gasteiger partial charge in [0.1, 0.15) is 17.8 Å². The van der Waals surface area contributed by atoms with Gasteiger partial charge in [-0.2, -0.15) is 10.1 Å². The van der Waals surface area contributed by atoms with Crippen molar-refractivity contribution in [2.45, 2.75) is 32.4 Å². The van der Waals surface area contributed by atoms with Crippen LogP contribution in [0.3, 0.4) is 0 Å². The maximum Gasteiger partial charge on any atom is 0.222 e. The average Bonchev–Trinajstić information content (AvgIpc) is 3.18. The van der Waals surface area contributed by atoms with E-state index < -0.39 is 0 Å². The fourth-order valence-electron chi connectivity index (χ4n) is 3.53. The fourth-order valence-corrected chi connectivity index (χ4v) is 3.53. The molecular formula is C21H24N4O2. The third-order valence-corrected chi connectivity index (χ3v) is 4.80. The lowest BCUT2D eigenvalue weighted by Gasteiger charge is -2.32. The molecule has 6 nitrogen and oxygen atoms in total. The highest BCUT2D eigenvalue weighted by Gasteiger charge is 2.29. The van der Waals surface area contributed by atoms with Gasteiger partial charge in [0.25, 0.3) is 0 Å². The summed E-state index contributed by atoms with van der Waals surface area (Å²) >= 11 is 0. The van der Waals surface area contributed by atoms with E-state index >= 15 is 0 Å². The first kappa shape index (κ1) is 17.4. The van der Waals surface area contributed by atoms with Crippen molar-refractivity contribution in [3.63, 3.8) is 0 Å². The van der Waals surface area contributed by atoms with E-state index in [1.807, 2.05) is 42.8 Å². The van der Waals surface area contributed by atoms with E-state index in [-0.39, 0.29) is 12.1 Å². The summed E-state index contributed by atoms with van der Waals surface area (Å²) in [5, 5.41) is 7.93. The number of hydrogen-bond acceptors (Lipinski definition) is 5. The van der Waals surface area contributed by atoms with Gasteiger partial charge in [0.2, 0.25) is 5.95 Å². The number of nitrogens with one attached hydrogen (secondary N) is 1. The molecule has 140 valence electrons. The van der Waals surface area contributed by atoms with E-state index in [2.05, 4.69) is 39.7 Å². The highest BCUT2D eigenvalue weighted by atomic mass is 16.5. The molecule has 0 saturated heterocycles. The first-order valence-corrected chi connectivity index (χ1v) is 9.40. The zero-order valence-corrected chi connectivity index (χ0v) is 15.6. The lowest BCUT2D eigenvalue weighted by atomic mass is 9.93. The summed E-state index contributed by atoms with van der Waals surface area (Å²) in [4.78, 5) is 4.39. The van der Waals surface area contributed by atoms with Crippen molar-refractivity contribution in [1.29, 1.82) is 0 Å². The van der Waals surface area contributed by atoms with E-state index in [1.54, 1.807) is 6.33 Å². The molecule has 1 aliphatic heterocycles. The topological polar surface area (TPSA) is 61.2 Å². The Morgan fingerprint density at radius 1 is 0.926 bits per heavy atom. The number of nitrogens with zero attached hydrogens (tertiary/aromatic N) is 3. The second kappa shape index (κ2) is 7.70. The highest BCUT2D eigenvalue weighted by Crippen LogP contribution is 2.38. The van der Waals surface area contributed by atoms with E-state index in [9.17, 15) is 0 Å². The molecule has 6 heteroatoms. The normalized spacial score (nSPS) is 18.4. The molecule has 2 aromatic carbocycles. The fraction of sp³-hybridized carbons (Fsp3) is 0.333. The van der Waals surface area contributed by atoms with Gasteiger partial charge in [0.15, 0.2) is 0 Å². The van der Waals surface area contributed by atoms with E-state index in [0.29, 0.717) is 13.2 Å². The highest BCUT2D eigenvalue weighted by molar-refractivity contribution is 5.40. The summed E-state index contributed by atoms with van der Waals surface area (Å²) in [5.74, 6) is 2.57. The molecule has 0 unspecified atom stereocenters. The molecule has 0 saturated carbocycles. The summed E-state index contributed by atoms with van der Waals surface area (Å²) in [7, 11) is 0. The third-order valence-electron chi connectivity index (χ3n) is 4.80. The lowest BCUT2D eigenvalue weighted by molar-refractivity contribution is 0.339. The van der Waals surface area contributed by atoms with E-state index in [1.165, 1.54) is 11.1 Å². The molecule has 1 N–H and O–H groups in total. The van der Waals surface area contributed by atoms with Crippen LogP contribution in [0.15, 0.2) is 54.9 Å². The van der Waals surface area contributed by atoms with Crippen LogP contribution < -0.4 is 14.8 Å². The molecule has 0 bridgehead atoms. The number of fused-ring (bicyclic) bond motifs is 1. The molecule has 27 heavy (non-hydrogen) atoms. The molecule has 1 aliphatic rings. The summed E-state index contributed by atoms with van der Waals surface area (Å²) in [6.07, 6.45) is 2.49. The monoisotopic (exact) mass is 364 g/mol. The second-order valence-electron chi connectivity index (χ2n) is 6.48. The minimum absolute atomic E-state index is 0.121. The van der Waals surface area contributed by atoms with Crippen molar-refractivity contribution in [3.05, 3.63) is 66.0 Å². The van der Waals surface area contributed by atoms with Crippen molar-refractivity contribution >= 4 is 5.95 Å². The number of anilines is 1. The van der Waals surface area contributed by atoms with Gasteiger partial charge in [0.05, 0.1) is 25.3 Å². The molecule has 1 aromatic heterocycles. The van der Waals surface area contributed by atoms with Gasteiger partial charge < -0.3 is 14.8 Å². The average molecular weight is 364 g/mol. The van der Waals surface area contributed by atoms with Crippen LogP contribution in [0.2, 0.25) is 0 Å². The summed E-state index contributed by atoms with van der Waals surface area (Å²) < 4.78 is 13.1. The first-order valence-electron chi connectivity index (χ1n) is 9.40. The van der Waals surface area contributed by atoms with Crippen molar-refractivity contribution in [1.82, 2.24) is 14.8 Å². The summed E-state index contributed by atoms with van der Waals surface area (Å²) in [6.45, 7) is 5.32. The van der Waals surface area contributed by atoms with Crippen molar-refractivity contribution < 1.29 is 9.47 Å². The molecule has 2 atom stereocenters. The summed E-state index contributed by atoms with van der Waals surface area (Å²) in [5.41, 5.74) is 2.41. The van der Waals surface area contributed by atoms with Crippen molar-refractivity contribution in [3.8, 4) is 11.5 Å². The molecule has 0 fully saturated rings. The maximum absolute atomic E-state index is 5.57. The van der Waals surface area contributed by atoms with E-state index in [0.717, 1.165) is 23.9 Å². The van der Waals surface area contributed by atoms with E-state index in [4.69, 9.17) is 9.47 Å². The molecule has 0 amide bonds. The van der Waals surface area contributed by atoms with Gasteiger partial charge >= 0.3 is 0 Å². The van der Waals surface area contributed by atoms with Gasteiger partial charge in [-0.15, -0.1) is 0 Å². The van der Waals surface area contributed by atoms with Crippen LogP contribution in [-0.2, 0) is 0 Å². The minimum Gasteiger partial charge on any atom is -0.494 e. The molecule has 0 aliphatic carbocycles. The smallest absolute Gasteiger partial charge is 0.222 e. The van der Waals surface area contributed by atoms with Crippen LogP contribution in [0.4, 0.5) is 5.95 Å². The van der Waals surface area contributed by atoms with Gasteiger partial charge in [-0.1, -0.05) is 24.3 Å². The number of rotatable bonds is 6. The van der Waals surface area contributed by atoms with Crippen LogP contribution in [0, 0.1) is 0 Å². The predicted molar refractivity (Wildman–Crippen MR) is 104 cm³/mol. The zero-order valence-electron chi connectivity index (χ0n) is 15.6. The second-order valence-corrected chi connectivity index (χ2v) is 6.48. The quantitative estimate of drug-likeness (QED) is 0.709. The minimum atomic E-state index is 0.121. The number of benzene rings is 2. The molecule has 0 radical (unpaired) electrons. The Bertz CT molecular complexity index is 874. The largest absolute Gasteiger partial charge is 0.494 e. The lowest BCUT2D eigenvalue weighted by Crippen LogP contribution is -2.28. The number of ether oxygens (including phenoxy) is 2. The Kier molecular flexibility index (Phi) is 4.96. The molecule has 4 rings (SSSR count). The van der Waals surface area contributed by atoms with Gasteiger partial charge in [0, 0.05) is 0 Å². The standard InChI is InChI=1S/C21H24N4O2/c1-3-26-17-9-5-15(6-10-17)19-13-20(25-21(24-19)22-14-23-25)16-7-11-18(12-8-16)27-4-2/h5-12,14,19-20H,3-4,13H2,1-2H3,(H,22,23,24)/t19-,20-/m1/s1. The predicted octanol–water partition coefficient (Wildman–Crippen LogP) is 4.22. The van der Waals surface area contributed by atoms with Gasteiger partial charge in [-0.25, -0.2) is 4.68 Å². The van der Waals surface area contributed by atoms with Gasteiger partial charge in [-0.3, -0.25) is 0 Å². The number of aromatic nitrogens is 3. The maximum atomic E-state index is 5.57. The van der Waals surface area contributed by atoms with Crippen molar-refractivity contribution in [2.75, 3.05) is 18.5 Å². The van der Waals surface area contributed by atoms with Crippen LogP contribution in [0.1, 0.15) is 43.5 Å². The molecule has 2 heterocycles. The molecule has 3 aromatic rings. The Morgan fingerprint density at radius 2 is 1.52 bits per heavy atom. The van der Waals surface area contributed by atoms with Crippen LogP contribution in [0.5, 0.6) is 11.5 Å². The van der Waals surface area contributed by atoms with Crippen LogP contribution >= 0.6 is 0 Å². The Hall–Kier alpha value is -3.02. The Morgan fingerprint density at radius 3 is 2.11 bits per heavy atom. The number of hydrogen-bond donors (Lipinski definition) is 1. The third kappa shape index (κ3) is 3.60.